The Hall–Kier alpha value is -6.17. The highest BCUT2D eigenvalue weighted by atomic mass is 32.1. The molecule has 228 valence electrons. The maximum Gasteiger partial charge on any atom is 0.145 e. The molecule has 1 aliphatic rings. The summed E-state index contributed by atoms with van der Waals surface area (Å²) in [6.45, 7) is 0. The molecule has 12 rings (SSSR count). The smallest absolute Gasteiger partial charge is 0.145 e. The van der Waals surface area contributed by atoms with Crippen molar-refractivity contribution in [1.29, 1.82) is 0 Å². The molecule has 4 nitrogen and oxygen atoms in total. The molecule has 1 unspecified atom stereocenters. The molecule has 0 aliphatic carbocycles. The van der Waals surface area contributed by atoms with Gasteiger partial charge in [-0.3, -0.25) is 4.99 Å². The lowest BCUT2D eigenvalue weighted by Gasteiger charge is -2.22. The van der Waals surface area contributed by atoms with Crippen LogP contribution >= 0.6 is 11.3 Å². The fourth-order valence-corrected chi connectivity index (χ4v) is 9.59. The van der Waals surface area contributed by atoms with Gasteiger partial charge in [-0.05, 0) is 47.5 Å². The van der Waals surface area contributed by atoms with E-state index in [1.807, 2.05) is 0 Å². The van der Waals surface area contributed by atoms with Crippen molar-refractivity contribution in [1.82, 2.24) is 9.72 Å². The molecule has 0 saturated heterocycles. The van der Waals surface area contributed by atoms with Gasteiger partial charge >= 0.3 is 0 Å². The summed E-state index contributed by atoms with van der Waals surface area (Å²) in [5.74, 6) is 0. The van der Waals surface area contributed by atoms with Gasteiger partial charge in [0.2, 0.25) is 0 Å². The van der Waals surface area contributed by atoms with Crippen LogP contribution in [0.3, 0.4) is 0 Å². The number of aromatic nitrogens is 1. The topological polar surface area (TPSA) is 41.9 Å². The molecule has 5 heteroatoms. The van der Waals surface area contributed by atoms with Crippen LogP contribution in [0.4, 0.5) is 0 Å². The molecule has 0 amide bonds. The van der Waals surface area contributed by atoms with E-state index >= 15 is 0 Å². The van der Waals surface area contributed by atoms with Crippen molar-refractivity contribution in [3.63, 3.8) is 0 Å². The molecule has 1 atom stereocenters. The van der Waals surface area contributed by atoms with Crippen LogP contribution < -0.4 is 15.2 Å². The summed E-state index contributed by atoms with van der Waals surface area (Å²) in [4.78, 5) is 5.34. The summed E-state index contributed by atoms with van der Waals surface area (Å²) in [5.41, 5.74) is 8.97. The molecule has 7 aromatic carbocycles. The Kier molecular flexibility index (Phi) is 4.88. The Bertz CT molecular complexity index is 3310. The third-order valence-corrected chi connectivity index (χ3v) is 11.7. The third kappa shape index (κ3) is 3.35. The van der Waals surface area contributed by atoms with Gasteiger partial charge in [-0.1, -0.05) is 103 Å². The molecule has 0 bridgehead atoms. The van der Waals surface area contributed by atoms with Gasteiger partial charge in [0, 0.05) is 53.2 Å². The minimum absolute atomic E-state index is 0.235. The minimum Gasteiger partial charge on any atom is -0.455 e. The molecule has 1 aliphatic heterocycles. The number of para-hydroxylation sites is 2. The van der Waals surface area contributed by atoms with Gasteiger partial charge in [-0.25, -0.2) is 0 Å². The number of hydrogen-bond donors (Lipinski definition) is 1. The molecular formula is C44H25N3OS. The highest BCUT2D eigenvalue weighted by molar-refractivity contribution is 7.17. The first-order valence-corrected chi connectivity index (χ1v) is 17.5. The maximum absolute atomic E-state index is 6.72. The number of benzene rings is 7. The van der Waals surface area contributed by atoms with Gasteiger partial charge in [0.1, 0.15) is 17.3 Å². The Labute approximate surface area is 282 Å². The average molecular weight is 644 g/mol. The first kappa shape index (κ1) is 25.9. The Morgan fingerprint density at radius 3 is 2.08 bits per heavy atom. The summed E-state index contributed by atoms with van der Waals surface area (Å²) in [6, 6.07) is 50.2. The first-order valence-electron chi connectivity index (χ1n) is 16.7. The fraction of sp³-hybridized carbons (Fsp3) is 0.0227. The van der Waals surface area contributed by atoms with Crippen LogP contribution in [0.2, 0.25) is 0 Å². The second-order valence-electron chi connectivity index (χ2n) is 13.1. The quantitative estimate of drug-likeness (QED) is 0.204. The summed E-state index contributed by atoms with van der Waals surface area (Å²) < 4.78 is 11.6. The summed E-state index contributed by atoms with van der Waals surface area (Å²) >= 11 is 1.80. The van der Waals surface area contributed by atoms with Crippen LogP contribution in [0.5, 0.6) is 0 Å². The van der Waals surface area contributed by atoms with Crippen LogP contribution in [0.25, 0.3) is 86.6 Å². The van der Waals surface area contributed by atoms with Gasteiger partial charge in [0.15, 0.2) is 0 Å². The molecule has 1 N–H and O–H groups in total. The number of nitrogens with zero attached hydrogens (tertiary/aromatic N) is 2. The van der Waals surface area contributed by atoms with Gasteiger partial charge in [-0.2, -0.15) is 0 Å². The maximum atomic E-state index is 6.72. The third-order valence-electron chi connectivity index (χ3n) is 10.6. The molecule has 0 radical (unpaired) electrons. The van der Waals surface area contributed by atoms with Gasteiger partial charge in [0.25, 0.3) is 0 Å². The predicted octanol–water partition coefficient (Wildman–Crippen LogP) is 10.2. The number of thiophene rings is 1. The summed E-state index contributed by atoms with van der Waals surface area (Å²) in [5, 5.41) is 15.8. The number of furan rings is 1. The second-order valence-corrected chi connectivity index (χ2v) is 14.2. The normalized spacial score (nSPS) is 15.0. The van der Waals surface area contributed by atoms with Gasteiger partial charge in [-0.15, -0.1) is 11.3 Å². The highest BCUT2D eigenvalue weighted by Gasteiger charge is 2.23. The summed E-state index contributed by atoms with van der Waals surface area (Å²) in [7, 11) is 0. The van der Waals surface area contributed by atoms with E-state index in [2.05, 4.69) is 149 Å². The zero-order valence-electron chi connectivity index (χ0n) is 26.1. The lowest BCUT2D eigenvalue weighted by Crippen LogP contribution is -2.37. The number of rotatable bonds is 2. The van der Waals surface area contributed by atoms with E-state index in [0.717, 1.165) is 43.9 Å². The van der Waals surface area contributed by atoms with Crippen LogP contribution in [0.1, 0.15) is 17.3 Å². The van der Waals surface area contributed by atoms with E-state index in [9.17, 15) is 0 Å². The van der Waals surface area contributed by atoms with E-state index in [0.29, 0.717) is 0 Å². The molecule has 4 aromatic heterocycles. The van der Waals surface area contributed by atoms with E-state index in [1.165, 1.54) is 63.7 Å². The average Bonchev–Trinajstić information content (AvgIpc) is 3.91. The predicted molar refractivity (Wildman–Crippen MR) is 203 cm³/mol. The largest absolute Gasteiger partial charge is 0.455 e. The molecule has 49 heavy (non-hydrogen) atoms. The van der Waals surface area contributed by atoms with Crippen molar-refractivity contribution < 1.29 is 4.42 Å². The zero-order valence-corrected chi connectivity index (χ0v) is 26.9. The molecular weight excluding hydrogens is 619 g/mol. The summed E-state index contributed by atoms with van der Waals surface area (Å²) in [6.07, 6.45) is -0.235. The van der Waals surface area contributed by atoms with E-state index in [-0.39, 0.29) is 6.17 Å². The minimum atomic E-state index is -0.235. The van der Waals surface area contributed by atoms with Crippen molar-refractivity contribution in [2.75, 3.05) is 0 Å². The van der Waals surface area contributed by atoms with Crippen molar-refractivity contribution in [2.45, 2.75) is 6.17 Å². The zero-order chi connectivity index (χ0) is 31.8. The van der Waals surface area contributed by atoms with E-state index < -0.39 is 0 Å². The Morgan fingerprint density at radius 1 is 0.571 bits per heavy atom. The van der Waals surface area contributed by atoms with Gasteiger partial charge in [0.05, 0.1) is 32.1 Å². The molecule has 0 saturated carbocycles. The van der Waals surface area contributed by atoms with Crippen LogP contribution in [-0.2, 0) is 0 Å². The fourth-order valence-electron chi connectivity index (χ4n) is 8.41. The number of hydrogen-bond acceptors (Lipinski definition) is 4. The monoisotopic (exact) mass is 643 g/mol. The second kappa shape index (κ2) is 9.25. The lowest BCUT2D eigenvalue weighted by atomic mass is 10.0. The molecule has 0 fully saturated rings. The van der Waals surface area contributed by atoms with E-state index in [1.54, 1.807) is 11.3 Å². The number of fused-ring (bicyclic) bond motifs is 15. The molecule has 5 heterocycles. The standard InChI is InChI=1S/C44H25N3OS/c1-2-9-24(10-3-1)38-43-39(33-12-5-7-16-37(33)49-43)46-44(45-38)25-17-22-36-34(23-25)32-21-19-30-31(42(32)48-36)20-18-29-28-14-8-13-27-26-11-4-6-15-35(26)47(40(27)28)41(29)30/h1-23,44-45H. The van der Waals surface area contributed by atoms with Gasteiger partial charge < -0.3 is 14.1 Å². The Morgan fingerprint density at radius 2 is 1.22 bits per heavy atom. The van der Waals surface area contributed by atoms with E-state index in [4.69, 9.17) is 9.41 Å². The van der Waals surface area contributed by atoms with Crippen molar-refractivity contribution in [2.24, 2.45) is 4.99 Å². The van der Waals surface area contributed by atoms with Crippen molar-refractivity contribution in [3.05, 3.63) is 161 Å². The van der Waals surface area contributed by atoms with Crippen LogP contribution in [0.15, 0.2) is 149 Å². The molecule has 11 aromatic rings. The van der Waals surface area contributed by atoms with Crippen molar-refractivity contribution in [3.8, 4) is 0 Å². The first-order chi connectivity index (χ1) is 24.3. The Balaban J connectivity index is 1.08. The number of nitrogens with one attached hydrogen (secondary N) is 1. The van der Waals surface area contributed by atoms with Crippen LogP contribution in [-0.4, -0.2) is 4.40 Å². The van der Waals surface area contributed by atoms with Crippen molar-refractivity contribution >= 4 is 97.9 Å². The SMILES string of the molecule is c1ccc(C2=c3sc4ccccc4c3=NC(c3ccc4oc5c(ccc6c5ccc5c7cccc8c9ccccc9n(c65)c87)c4c3)N2)cc1. The lowest BCUT2D eigenvalue weighted by molar-refractivity contribution is 0.638. The van der Waals surface area contributed by atoms with Crippen LogP contribution in [0, 0.1) is 0 Å². The highest BCUT2D eigenvalue weighted by Crippen LogP contribution is 2.44. The molecule has 0 spiro atoms.